The van der Waals surface area contributed by atoms with Crippen LogP contribution in [0.5, 0.6) is 0 Å². The molecule has 0 aliphatic carbocycles. The van der Waals surface area contributed by atoms with Crippen molar-refractivity contribution in [3.05, 3.63) is 29.3 Å². The molecule has 0 aromatic heterocycles. The second-order valence-corrected chi connectivity index (χ2v) is 6.39. The van der Waals surface area contributed by atoms with E-state index < -0.39 is 0 Å². The largest absolute Gasteiger partial charge is 0.389 e. The average molecular weight is 278 g/mol. The highest BCUT2D eigenvalue weighted by molar-refractivity contribution is 7.80. The Labute approximate surface area is 120 Å². The number of rotatable bonds is 2. The Morgan fingerprint density at radius 2 is 2.16 bits per heavy atom. The zero-order chi connectivity index (χ0) is 14.2. The number of anilines is 1. The first-order chi connectivity index (χ1) is 8.78. The molecule has 1 aliphatic rings. The summed E-state index contributed by atoms with van der Waals surface area (Å²) >= 11 is 5.18. The Morgan fingerprint density at radius 1 is 1.47 bits per heavy atom. The number of morpholine rings is 1. The molecule has 0 amide bonds. The summed E-state index contributed by atoms with van der Waals surface area (Å²) in [5.74, 6) is 0. The first-order valence-electron chi connectivity index (χ1n) is 6.62. The molecule has 104 valence electrons. The molecule has 0 saturated carbocycles. The molecule has 0 radical (unpaired) electrons. The Kier molecular flexibility index (Phi) is 3.83. The van der Waals surface area contributed by atoms with Gasteiger partial charge in [0.05, 0.1) is 11.7 Å². The van der Waals surface area contributed by atoms with Crippen molar-refractivity contribution >= 4 is 22.9 Å². The number of hydrogen-bond donors (Lipinski definition) is 1. The normalized spacial score (nSPS) is 22.3. The van der Waals surface area contributed by atoms with Crippen LogP contribution in [0.4, 0.5) is 5.69 Å². The molecule has 2 rings (SSSR count). The van der Waals surface area contributed by atoms with Crippen LogP contribution in [0.2, 0.25) is 0 Å². The zero-order valence-electron chi connectivity index (χ0n) is 12.1. The quantitative estimate of drug-likeness (QED) is 0.844. The molecule has 1 fully saturated rings. The molecule has 1 heterocycles. The minimum atomic E-state index is -0.157. The lowest BCUT2D eigenvalue weighted by Crippen LogP contribution is -2.52. The van der Waals surface area contributed by atoms with Crippen LogP contribution in [0.3, 0.4) is 0 Å². The highest BCUT2D eigenvalue weighted by atomic mass is 32.1. The van der Waals surface area contributed by atoms with Gasteiger partial charge in [0.1, 0.15) is 4.99 Å². The molecule has 0 spiro atoms. The maximum absolute atomic E-state index is 5.94. The van der Waals surface area contributed by atoms with Crippen molar-refractivity contribution < 1.29 is 4.74 Å². The molecular formula is C15H22N2OS. The highest BCUT2D eigenvalue weighted by Crippen LogP contribution is 2.29. The van der Waals surface area contributed by atoms with Crippen LogP contribution in [-0.2, 0) is 4.74 Å². The Hall–Kier alpha value is -1.13. The predicted octanol–water partition coefficient (Wildman–Crippen LogP) is 2.63. The van der Waals surface area contributed by atoms with E-state index in [0.717, 1.165) is 24.3 Å². The number of ether oxygens (including phenoxy) is 1. The fraction of sp³-hybridized carbons (Fsp3) is 0.533. The van der Waals surface area contributed by atoms with E-state index in [1.165, 1.54) is 5.56 Å². The topological polar surface area (TPSA) is 38.5 Å². The van der Waals surface area contributed by atoms with E-state index in [-0.39, 0.29) is 11.7 Å². The van der Waals surface area contributed by atoms with Crippen molar-refractivity contribution in [1.82, 2.24) is 0 Å². The zero-order valence-corrected chi connectivity index (χ0v) is 12.9. The fourth-order valence-corrected chi connectivity index (χ4v) is 2.92. The molecule has 1 atom stereocenters. The Bertz CT molecular complexity index is 499. The Balaban J connectivity index is 2.38. The van der Waals surface area contributed by atoms with Gasteiger partial charge in [-0.25, -0.2) is 0 Å². The van der Waals surface area contributed by atoms with Crippen LogP contribution in [0.25, 0.3) is 0 Å². The molecular weight excluding hydrogens is 256 g/mol. The van der Waals surface area contributed by atoms with E-state index >= 15 is 0 Å². The summed E-state index contributed by atoms with van der Waals surface area (Å²) < 4.78 is 5.94. The fourth-order valence-electron chi connectivity index (χ4n) is 2.76. The van der Waals surface area contributed by atoms with E-state index in [2.05, 4.69) is 50.8 Å². The van der Waals surface area contributed by atoms with Crippen molar-refractivity contribution in [3.8, 4) is 0 Å². The van der Waals surface area contributed by atoms with Gasteiger partial charge >= 0.3 is 0 Å². The SMILES string of the molecule is Cc1ccc(N2CC(C)OC(C)(C)C2)c(C(N)=S)c1. The third-order valence-corrected chi connectivity index (χ3v) is 3.55. The maximum atomic E-state index is 5.94. The lowest BCUT2D eigenvalue weighted by atomic mass is 10.0. The van der Waals surface area contributed by atoms with E-state index in [0.29, 0.717) is 4.99 Å². The summed E-state index contributed by atoms with van der Waals surface area (Å²) in [6.07, 6.45) is 0.198. The summed E-state index contributed by atoms with van der Waals surface area (Å²) in [6.45, 7) is 10.1. The molecule has 1 aliphatic heterocycles. The first kappa shape index (κ1) is 14.3. The highest BCUT2D eigenvalue weighted by Gasteiger charge is 2.32. The molecule has 1 unspecified atom stereocenters. The average Bonchev–Trinajstić information content (AvgIpc) is 2.25. The molecule has 2 N–H and O–H groups in total. The van der Waals surface area contributed by atoms with E-state index in [9.17, 15) is 0 Å². The van der Waals surface area contributed by atoms with Crippen LogP contribution in [0.1, 0.15) is 31.9 Å². The third kappa shape index (κ3) is 3.25. The number of nitrogens with two attached hydrogens (primary N) is 1. The van der Waals surface area contributed by atoms with Gasteiger partial charge in [-0.05, 0) is 39.8 Å². The van der Waals surface area contributed by atoms with Gasteiger partial charge < -0.3 is 15.4 Å². The van der Waals surface area contributed by atoms with Gasteiger partial charge in [0.25, 0.3) is 0 Å². The minimum Gasteiger partial charge on any atom is -0.389 e. The smallest absolute Gasteiger partial charge is 0.106 e. The van der Waals surface area contributed by atoms with Gasteiger partial charge in [-0.15, -0.1) is 0 Å². The number of benzene rings is 1. The van der Waals surface area contributed by atoms with Gasteiger partial charge in [0.2, 0.25) is 0 Å². The molecule has 4 heteroatoms. The Morgan fingerprint density at radius 3 is 2.74 bits per heavy atom. The number of thiocarbonyl (C=S) groups is 1. The summed E-state index contributed by atoms with van der Waals surface area (Å²) in [5, 5.41) is 0. The van der Waals surface area contributed by atoms with Crippen LogP contribution < -0.4 is 10.6 Å². The lowest BCUT2D eigenvalue weighted by molar-refractivity contribution is -0.0749. The molecule has 1 aromatic rings. The van der Waals surface area contributed by atoms with E-state index in [1.54, 1.807) is 0 Å². The van der Waals surface area contributed by atoms with Crippen molar-refractivity contribution in [2.24, 2.45) is 5.73 Å². The summed E-state index contributed by atoms with van der Waals surface area (Å²) in [4.78, 5) is 2.78. The summed E-state index contributed by atoms with van der Waals surface area (Å²) in [6, 6.07) is 6.27. The van der Waals surface area contributed by atoms with Gasteiger partial charge in [-0.1, -0.05) is 23.8 Å². The molecule has 0 bridgehead atoms. The number of nitrogens with zero attached hydrogens (tertiary/aromatic N) is 1. The minimum absolute atomic E-state index is 0.157. The third-order valence-electron chi connectivity index (χ3n) is 3.33. The monoisotopic (exact) mass is 278 g/mol. The second-order valence-electron chi connectivity index (χ2n) is 5.95. The van der Waals surface area contributed by atoms with Crippen LogP contribution >= 0.6 is 12.2 Å². The van der Waals surface area contributed by atoms with Crippen molar-refractivity contribution in [2.45, 2.75) is 39.4 Å². The van der Waals surface area contributed by atoms with Gasteiger partial charge in [0, 0.05) is 24.3 Å². The van der Waals surface area contributed by atoms with Gasteiger partial charge in [0.15, 0.2) is 0 Å². The van der Waals surface area contributed by atoms with E-state index in [1.807, 2.05) is 0 Å². The second kappa shape index (κ2) is 5.10. The van der Waals surface area contributed by atoms with Crippen LogP contribution in [0.15, 0.2) is 18.2 Å². The van der Waals surface area contributed by atoms with Crippen molar-refractivity contribution in [2.75, 3.05) is 18.0 Å². The van der Waals surface area contributed by atoms with E-state index in [4.69, 9.17) is 22.7 Å². The lowest BCUT2D eigenvalue weighted by Gasteiger charge is -2.43. The van der Waals surface area contributed by atoms with Gasteiger partial charge in [-0.2, -0.15) is 0 Å². The summed E-state index contributed by atoms with van der Waals surface area (Å²) in [5.41, 5.74) is 8.95. The maximum Gasteiger partial charge on any atom is 0.106 e. The summed E-state index contributed by atoms with van der Waals surface area (Å²) in [7, 11) is 0. The predicted molar refractivity (Wildman–Crippen MR) is 83.9 cm³/mol. The number of hydrogen-bond acceptors (Lipinski definition) is 3. The van der Waals surface area contributed by atoms with Gasteiger partial charge in [-0.3, -0.25) is 0 Å². The van der Waals surface area contributed by atoms with Crippen molar-refractivity contribution in [1.29, 1.82) is 0 Å². The van der Waals surface area contributed by atoms with Crippen LogP contribution in [-0.4, -0.2) is 29.8 Å². The molecule has 19 heavy (non-hydrogen) atoms. The van der Waals surface area contributed by atoms with Crippen molar-refractivity contribution in [3.63, 3.8) is 0 Å². The van der Waals surface area contributed by atoms with Crippen LogP contribution in [0, 0.1) is 6.92 Å². The number of aryl methyl sites for hydroxylation is 1. The molecule has 3 nitrogen and oxygen atoms in total. The first-order valence-corrected chi connectivity index (χ1v) is 7.02. The molecule has 1 saturated heterocycles. The standard InChI is InChI=1S/C15H22N2OS/c1-10-5-6-13(12(7-10)14(16)19)17-8-11(2)18-15(3,4)9-17/h5-7,11H,8-9H2,1-4H3,(H2,16,19). The molecule has 1 aromatic carbocycles.